The molecular weight excluding hydrogens is 366 g/mol. The van der Waals surface area contributed by atoms with E-state index in [4.69, 9.17) is 0 Å². The van der Waals surface area contributed by atoms with Crippen LogP contribution in [0.2, 0.25) is 0 Å². The highest BCUT2D eigenvalue weighted by Gasteiger charge is 2.56. The number of aromatic nitrogens is 1. The van der Waals surface area contributed by atoms with Gasteiger partial charge in [-0.05, 0) is 109 Å². The standard InChI is InChI=1S/C24H27NO2S/c1-24-12-11-18-17-8-6-16(26)14-15(17)5-7-19(18)20(24)9-10-21(24)23(27)28-22-4-2-3-13-25-22/h2-4,6,8,13-14,18-21,26H,5,7,9-12H2,1H3/t18-,19-,20+,21-,24+/m1/s1. The molecule has 0 amide bonds. The van der Waals surface area contributed by atoms with Crippen LogP contribution in [0.4, 0.5) is 0 Å². The molecule has 0 spiro atoms. The number of carbonyl (C=O) groups is 1. The molecule has 146 valence electrons. The lowest BCUT2D eigenvalue weighted by atomic mass is 9.54. The topological polar surface area (TPSA) is 50.2 Å². The summed E-state index contributed by atoms with van der Waals surface area (Å²) in [6.45, 7) is 2.38. The van der Waals surface area contributed by atoms with E-state index in [0.29, 0.717) is 28.6 Å². The fourth-order valence-electron chi connectivity index (χ4n) is 6.54. The van der Waals surface area contributed by atoms with Gasteiger partial charge in [0.2, 0.25) is 0 Å². The molecule has 5 atom stereocenters. The lowest BCUT2D eigenvalue weighted by Crippen LogP contribution is -2.43. The maximum atomic E-state index is 13.2. The Labute approximate surface area is 171 Å². The Bertz CT molecular complexity index is 899. The van der Waals surface area contributed by atoms with E-state index in [2.05, 4.69) is 18.0 Å². The summed E-state index contributed by atoms with van der Waals surface area (Å²) in [4.78, 5) is 17.5. The lowest BCUT2D eigenvalue weighted by Gasteiger charge is -2.50. The minimum absolute atomic E-state index is 0.119. The fraction of sp³-hybridized carbons (Fsp3) is 0.500. The van der Waals surface area contributed by atoms with Crippen molar-refractivity contribution in [2.45, 2.75) is 56.4 Å². The summed E-state index contributed by atoms with van der Waals surface area (Å²) in [7, 11) is 0. The third kappa shape index (κ3) is 2.88. The highest BCUT2D eigenvalue weighted by molar-refractivity contribution is 8.13. The third-order valence-electron chi connectivity index (χ3n) is 7.84. The molecular formula is C24H27NO2S. The Balaban J connectivity index is 1.38. The van der Waals surface area contributed by atoms with Crippen molar-refractivity contribution in [3.8, 4) is 5.75 Å². The van der Waals surface area contributed by atoms with Gasteiger partial charge in [0.15, 0.2) is 5.12 Å². The lowest BCUT2D eigenvalue weighted by molar-refractivity contribution is -0.119. The van der Waals surface area contributed by atoms with Crippen molar-refractivity contribution in [3.63, 3.8) is 0 Å². The van der Waals surface area contributed by atoms with Crippen LogP contribution in [0.5, 0.6) is 5.75 Å². The number of rotatable bonds is 2. The number of benzene rings is 1. The van der Waals surface area contributed by atoms with E-state index in [9.17, 15) is 9.90 Å². The number of aryl methyl sites for hydroxylation is 1. The monoisotopic (exact) mass is 393 g/mol. The van der Waals surface area contributed by atoms with E-state index in [1.165, 1.54) is 35.7 Å². The molecule has 0 aliphatic heterocycles. The summed E-state index contributed by atoms with van der Waals surface area (Å²) in [5.74, 6) is 2.43. The Hall–Kier alpha value is -1.81. The van der Waals surface area contributed by atoms with Crippen LogP contribution in [0.1, 0.15) is 56.1 Å². The van der Waals surface area contributed by atoms with Gasteiger partial charge in [-0.3, -0.25) is 4.79 Å². The zero-order valence-electron chi connectivity index (χ0n) is 16.3. The molecule has 1 heterocycles. The van der Waals surface area contributed by atoms with E-state index in [1.54, 1.807) is 6.20 Å². The average Bonchev–Trinajstić information content (AvgIpc) is 3.05. The third-order valence-corrected chi connectivity index (χ3v) is 8.77. The molecule has 1 aromatic carbocycles. The molecule has 3 aliphatic carbocycles. The van der Waals surface area contributed by atoms with Gasteiger partial charge in [-0.2, -0.15) is 0 Å². The smallest absolute Gasteiger partial charge is 0.198 e. The Kier molecular flexibility index (Phi) is 4.50. The van der Waals surface area contributed by atoms with E-state index in [0.717, 1.165) is 30.7 Å². The number of pyridine rings is 1. The first-order chi connectivity index (χ1) is 13.6. The van der Waals surface area contributed by atoms with E-state index in [1.807, 2.05) is 30.3 Å². The van der Waals surface area contributed by atoms with E-state index < -0.39 is 0 Å². The zero-order valence-corrected chi connectivity index (χ0v) is 17.1. The van der Waals surface area contributed by atoms with Gasteiger partial charge in [-0.15, -0.1) is 0 Å². The molecule has 2 saturated carbocycles. The molecule has 0 bridgehead atoms. The first kappa shape index (κ1) is 18.2. The molecule has 2 aromatic rings. The van der Waals surface area contributed by atoms with Crippen molar-refractivity contribution in [1.29, 1.82) is 0 Å². The van der Waals surface area contributed by atoms with Crippen LogP contribution in [0.3, 0.4) is 0 Å². The first-order valence-electron chi connectivity index (χ1n) is 10.5. The minimum atomic E-state index is 0.119. The molecule has 5 rings (SSSR count). The van der Waals surface area contributed by atoms with Crippen molar-refractivity contribution < 1.29 is 9.90 Å². The Morgan fingerprint density at radius 1 is 1.18 bits per heavy atom. The number of hydrogen-bond acceptors (Lipinski definition) is 4. The second-order valence-corrected chi connectivity index (χ2v) is 10.1. The van der Waals surface area contributed by atoms with Crippen molar-refractivity contribution in [3.05, 3.63) is 53.7 Å². The average molecular weight is 394 g/mol. The SMILES string of the molecule is C[C@]12CC[C@@H]3c4ccc(O)cc4CC[C@H]3[C@@H]1CC[C@@H]2C(=O)Sc1ccccn1. The fourth-order valence-corrected chi connectivity index (χ4v) is 7.53. The maximum absolute atomic E-state index is 13.2. The first-order valence-corrected chi connectivity index (χ1v) is 11.3. The van der Waals surface area contributed by atoms with Crippen LogP contribution in [-0.4, -0.2) is 15.2 Å². The highest BCUT2D eigenvalue weighted by Crippen LogP contribution is 2.63. The van der Waals surface area contributed by atoms with Crippen molar-refractivity contribution in [2.24, 2.45) is 23.2 Å². The Morgan fingerprint density at radius 3 is 2.89 bits per heavy atom. The molecule has 3 aliphatic rings. The molecule has 2 fully saturated rings. The zero-order chi connectivity index (χ0) is 19.3. The molecule has 0 radical (unpaired) electrons. The van der Waals surface area contributed by atoms with Crippen LogP contribution in [-0.2, 0) is 11.2 Å². The van der Waals surface area contributed by atoms with Crippen LogP contribution >= 0.6 is 11.8 Å². The van der Waals surface area contributed by atoms with Crippen LogP contribution in [0.25, 0.3) is 0 Å². The van der Waals surface area contributed by atoms with E-state index in [-0.39, 0.29) is 11.3 Å². The second-order valence-electron chi connectivity index (χ2n) is 9.06. The number of phenols is 1. The molecule has 0 saturated heterocycles. The summed E-state index contributed by atoms with van der Waals surface area (Å²) in [6, 6.07) is 11.7. The number of hydrogen-bond donors (Lipinski definition) is 1. The van der Waals surface area contributed by atoms with E-state index >= 15 is 0 Å². The molecule has 1 aromatic heterocycles. The van der Waals surface area contributed by atoms with Gasteiger partial charge in [0, 0.05) is 12.1 Å². The molecule has 0 unspecified atom stereocenters. The number of carbonyl (C=O) groups excluding carboxylic acids is 1. The number of fused-ring (bicyclic) bond motifs is 5. The predicted molar refractivity (Wildman–Crippen MR) is 111 cm³/mol. The van der Waals surface area contributed by atoms with Gasteiger partial charge in [-0.25, -0.2) is 4.98 Å². The van der Waals surface area contributed by atoms with Gasteiger partial charge in [0.1, 0.15) is 10.8 Å². The summed E-state index contributed by atoms with van der Waals surface area (Å²) < 4.78 is 0. The summed E-state index contributed by atoms with van der Waals surface area (Å²) in [6.07, 6.45) is 8.48. The van der Waals surface area contributed by atoms with Gasteiger partial charge in [0.05, 0.1) is 0 Å². The Morgan fingerprint density at radius 2 is 2.07 bits per heavy atom. The molecule has 3 nitrogen and oxygen atoms in total. The minimum Gasteiger partial charge on any atom is -0.508 e. The van der Waals surface area contributed by atoms with Gasteiger partial charge < -0.3 is 5.11 Å². The van der Waals surface area contributed by atoms with Crippen molar-refractivity contribution in [1.82, 2.24) is 4.98 Å². The summed E-state index contributed by atoms with van der Waals surface area (Å²) in [5, 5.41) is 11.0. The summed E-state index contributed by atoms with van der Waals surface area (Å²) >= 11 is 1.34. The number of thioether (sulfide) groups is 1. The van der Waals surface area contributed by atoms with Crippen LogP contribution < -0.4 is 0 Å². The molecule has 28 heavy (non-hydrogen) atoms. The maximum Gasteiger partial charge on any atom is 0.198 e. The molecule has 1 N–H and O–H groups in total. The van der Waals surface area contributed by atoms with Crippen LogP contribution in [0.15, 0.2) is 47.6 Å². The predicted octanol–water partition coefficient (Wildman–Crippen LogP) is 5.58. The number of nitrogens with zero attached hydrogens (tertiary/aromatic N) is 1. The van der Waals surface area contributed by atoms with Crippen molar-refractivity contribution in [2.75, 3.05) is 0 Å². The van der Waals surface area contributed by atoms with Gasteiger partial charge >= 0.3 is 0 Å². The van der Waals surface area contributed by atoms with Crippen molar-refractivity contribution >= 4 is 16.9 Å². The summed E-state index contributed by atoms with van der Waals surface area (Å²) in [5.41, 5.74) is 2.91. The molecule has 4 heteroatoms. The second kappa shape index (κ2) is 6.91. The quantitative estimate of drug-likeness (QED) is 0.677. The largest absolute Gasteiger partial charge is 0.508 e. The number of aromatic hydroxyl groups is 1. The highest BCUT2D eigenvalue weighted by atomic mass is 32.2. The van der Waals surface area contributed by atoms with Gasteiger partial charge in [-0.1, -0.05) is 19.1 Å². The number of phenolic OH excluding ortho intramolecular Hbond substituents is 1. The normalized spacial score (nSPS) is 33.6. The van der Waals surface area contributed by atoms with Gasteiger partial charge in [0.25, 0.3) is 0 Å². The van der Waals surface area contributed by atoms with Crippen LogP contribution in [0, 0.1) is 23.2 Å².